The van der Waals surface area contributed by atoms with E-state index in [2.05, 4.69) is 6.58 Å². The first kappa shape index (κ1) is 5.67. The number of rotatable bonds is 3. The fourth-order valence-electron chi connectivity index (χ4n) is 0.221. The number of alkyl halides is 1. The second kappa shape index (κ2) is 4.67. The molecule has 0 heterocycles. The number of unbranched alkanes of at least 4 members (excludes halogenated alkanes) is 1. The SMILES string of the molecule is C=CCCCF. The summed E-state index contributed by atoms with van der Waals surface area (Å²) in [6.45, 7) is 3.22. The van der Waals surface area contributed by atoms with Crippen LogP contribution in [0.5, 0.6) is 0 Å². The number of allylic oxidation sites excluding steroid dienone is 1. The van der Waals surface area contributed by atoms with E-state index in [-0.39, 0.29) is 6.67 Å². The Morgan fingerprint density at radius 3 is 2.50 bits per heavy atom. The second-order valence-corrected chi connectivity index (χ2v) is 1.12. The van der Waals surface area contributed by atoms with E-state index in [0.717, 1.165) is 6.42 Å². The summed E-state index contributed by atoms with van der Waals surface area (Å²) in [5.41, 5.74) is 0. The summed E-state index contributed by atoms with van der Waals surface area (Å²) in [5, 5.41) is 0. The van der Waals surface area contributed by atoms with Gasteiger partial charge in [0, 0.05) is 0 Å². The first-order valence-corrected chi connectivity index (χ1v) is 2.08. The van der Waals surface area contributed by atoms with Crippen molar-refractivity contribution in [2.24, 2.45) is 0 Å². The third kappa shape index (κ3) is 3.67. The highest BCUT2D eigenvalue weighted by Crippen LogP contribution is 1.86. The Hall–Kier alpha value is -0.330. The highest BCUT2D eigenvalue weighted by atomic mass is 19.1. The molecular weight excluding hydrogens is 79.1 g/mol. The van der Waals surface area contributed by atoms with E-state index in [1.807, 2.05) is 0 Å². The molecule has 0 aromatic rings. The molecule has 0 nitrogen and oxygen atoms in total. The van der Waals surface area contributed by atoms with Gasteiger partial charge in [0.2, 0.25) is 0 Å². The highest BCUT2D eigenvalue weighted by Gasteiger charge is 1.74. The van der Waals surface area contributed by atoms with Crippen LogP contribution in [-0.4, -0.2) is 6.67 Å². The second-order valence-electron chi connectivity index (χ2n) is 1.12. The molecule has 0 fully saturated rings. The van der Waals surface area contributed by atoms with Crippen LogP contribution >= 0.6 is 0 Å². The van der Waals surface area contributed by atoms with Crippen molar-refractivity contribution in [2.75, 3.05) is 6.67 Å². The molecule has 36 valence electrons. The molecule has 0 unspecified atom stereocenters. The molecule has 1 heteroatoms. The van der Waals surface area contributed by atoms with Crippen molar-refractivity contribution in [1.29, 1.82) is 0 Å². The lowest BCUT2D eigenvalue weighted by Crippen LogP contribution is -1.69. The predicted molar refractivity (Wildman–Crippen MR) is 25.4 cm³/mol. The van der Waals surface area contributed by atoms with Crippen molar-refractivity contribution in [2.45, 2.75) is 12.8 Å². The van der Waals surface area contributed by atoms with Crippen molar-refractivity contribution in [3.05, 3.63) is 12.7 Å². The van der Waals surface area contributed by atoms with Gasteiger partial charge in [-0.25, -0.2) is 0 Å². The summed E-state index contributed by atoms with van der Waals surface area (Å²) < 4.78 is 11.1. The normalized spacial score (nSPS) is 8.17. The zero-order chi connectivity index (χ0) is 4.83. The van der Waals surface area contributed by atoms with Crippen LogP contribution in [0.3, 0.4) is 0 Å². The number of hydrogen-bond acceptors (Lipinski definition) is 0. The molecule has 6 heavy (non-hydrogen) atoms. The molecule has 0 saturated heterocycles. The lowest BCUT2D eigenvalue weighted by molar-refractivity contribution is 0.476. The summed E-state index contributed by atoms with van der Waals surface area (Å²) in [6.07, 6.45) is 3.15. The minimum Gasteiger partial charge on any atom is -0.251 e. The van der Waals surface area contributed by atoms with Crippen LogP contribution in [0.2, 0.25) is 0 Å². The lowest BCUT2D eigenvalue weighted by Gasteiger charge is -1.79. The first-order chi connectivity index (χ1) is 2.91. The van der Waals surface area contributed by atoms with Crippen molar-refractivity contribution in [3.63, 3.8) is 0 Å². The summed E-state index contributed by atoms with van der Waals surface area (Å²) in [7, 11) is 0. The van der Waals surface area contributed by atoms with Crippen molar-refractivity contribution in [3.8, 4) is 0 Å². The Morgan fingerprint density at radius 1 is 1.67 bits per heavy atom. The van der Waals surface area contributed by atoms with Gasteiger partial charge in [0.05, 0.1) is 6.67 Å². The van der Waals surface area contributed by atoms with Crippen LogP contribution in [0.4, 0.5) is 4.39 Å². The first-order valence-electron chi connectivity index (χ1n) is 2.08. The lowest BCUT2D eigenvalue weighted by atomic mass is 10.3. The molecule has 0 rings (SSSR count). The van der Waals surface area contributed by atoms with Crippen molar-refractivity contribution >= 4 is 0 Å². The number of hydrogen-bond donors (Lipinski definition) is 0. The van der Waals surface area contributed by atoms with Crippen LogP contribution in [0.1, 0.15) is 12.8 Å². The molecule has 0 saturated carbocycles. The maximum absolute atomic E-state index is 11.1. The highest BCUT2D eigenvalue weighted by molar-refractivity contribution is 4.64. The fourth-order valence-corrected chi connectivity index (χ4v) is 0.221. The molecule has 0 amide bonds. The molecule has 0 radical (unpaired) electrons. The van der Waals surface area contributed by atoms with Gasteiger partial charge in [0.15, 0.2) is 0 Å². The van der Waals surface area contributed by atoms with E-state index in [1.54, 1.807) is 6.08 Å². The van der Waals surface area contributed by atoms with Crippen molar-refractivity contribution < 1.29 is 4.39 Å². The van der Waals surface area contributed by atoms with Crippen LogP contribution in [0, 0.1) is 0 Å². The van der Waals surface area contributed by atoms with Crippen LogP contribution in [0.25, 0.3) is 0 Å². The molecular formula is C5H9F. The van der Waals surface area contributed by atoms with Gasteiger partial charge in [-0.1, -0.05) is 6.08 Å². The van der Waals surface area contributed by atoms with E-state index in [9.17, 15) is 4.39 Å². The van der Waals surface area contributed by atoms with Gasteiger partial charge in [-0.3, -0.25) is 4.39 Å². The molecule has 0 aromatic heterocycles. The minimum atomic E-state index is -0.216. The Balaban J connectivity index is 2.49. The maximum Gasteiger partial charge on any atom is 0.0897 e. The molecule has 0 aliphatic carbocycles. The van der Waals surface area contributed by atoms with E-state index in [1.165, 1.54) is 0 Å². The van der Waals surface area contributed by atoms with Gasteiger partial charge < -0.3 is 0 Å². The Morgan fingerprint density at radius 2 is 2.33 bits per heavy atom. The van der Waals surface area contributed by atoms with Crippen LogP contribution < -0.4 is 0 Å². The fraction of sp³-hybridized carbons (Fsp3) is 0.600. The van der Waals surface area contributed by atoms with E-state index in [4.69, 9.17) is 0 Å². The number of halogens is 1. The molecule has 0 bridgehead atoms. The van der Waals surface area contributed by atoms with E-state index in [0.29, 0.717) is 6.42 Å². The van der Waals surface area contributed by atoms with Gasteiger partial charge in [0.1, 0.15) is 0 Å². The van der Waals surface area contributed by atoms with Gasteiger partial charge in [-0.15, -0.1) is 6.58 Å². The van der Waals surface area contributed by atoms with E-state index >= 15 is 0 Å². The zero-order valence-electron chi connectivity index (χ0n) is 3.78. The largest absolute Gasteiger partial charge is 0.251 e. The van der Waals surface area contributed by atoms with Crippen molar-refractivity contribution in [1.82, 2.24) is 0 Å². The third-order valence-electron chi connectivity index (χ3n) is 0.542. The maximum atomic E-state index is 11.1. The average molecular weight is 88.1 g/mol. The van der Waals surface area contributed by atoms with Gasteiger partial charge >= 0.3 is 0 Å². The third-order valence-corrected chi connectivity index (χ3v) is 0.542. The summed E-state index contributed by atoms with van der Waals surface area (Å²) in [5.74, 6) is 0. The Kier molecular flexibility index (Phi) is 4.41. The summed E-state index contributed by atoms with van der Waals surface area (Å²) in [6, 6.07) is 0. The van der Waals surface area contributed by atoms with Crippen LogP contribution in [0.15, 0.2) is 12.7 Å². The Bertz CT molecular complexity index is 32.9. The molecule has 0 atom stereocenters. The monoisotopic (exact) mass is 88.1 g/mol. The van der Waals surface area contributed by atoms with E-state index < -0.39 is 0 Å². The predicted octanol–water partition coefficient (Wildman–Crippen LogP) is 1.92. The van der Waals surface area contributed by atoms with Gasteiger partial charge in [0.25, 0.3) is 0 Å². The molecule has 0 spiro atoms. The Labute approximate surface area is 37.7 Å². The smallest absolute Gasteiger partial charge is 0.0897 e. The zero-order valence-corrected chi connectivity index (χ0v) is 3.78. The molecule has 0 aromatic carbocycles. The summed E-state index contributed by atoms with van der Waals surface area (Å²) >= 11 is 0. The topological polar surface area (TPSA) is 0 Å². The molecule has 0 aliphatic rings. The standard InChI is InChI=1S/C5H9F/c1-2-3-4-5-6/h2H,1,3-5H2. The molecule has 0 N–H and O–H groups in total. The quantitative estimate of drug-likeness (QED) is 0.365. The van der Waals surface area contributed by atoms with Crippen LogP contribution in [-0.2, 0) is 0 Å². The summed E-state index contributed by atoms with van der Waals surface area (Å²) in [4.78, 5) is 0. The average Bonchev–Trinajstić information content (AvgIpc) is 1.61. The van der Waals surface area contributed by atoms with Gasteiger partial charge in [-0.2, -0.15) is 0 Å². The van der Waals surface area contributed by atoms with Gasteiger partial charge in [-0.05, 0) is 12.8 Å². The minimum absolute atomic E-state index is 0.216. The molecule has 0 aliphatic heterocycles.